The van der Waals surface area contributed by atoms with Crippen molar-refractivity contribution in [2.75, 3.05) is 0 Å². The van der Waals surface area contributed by atoms with Crippen LogP contribution >= 0.6 is 0 Å². The Morgan fingerprint density at radius 3 is 2.41 bits per heavy atom. The van der Waals surface area contributed by atoms with Gasteiger partial charge < -0.3 is 9.90 Å². The van der Waals surface area contributed by atoms with Crippen LogP contribution in [-0.4, -0.2) is 17.5 Å². The van der Waals surface area contributed by atoms with E-state index in [0.29, 0.717) is 40.9 Å². The smallest absolute Gasteiger partial charge is 0.120 e. The summed E-state index contributed by atoms with van der Waals surface area (Å²) in [7, 11) is 0. The Balaban J connectivity index is 0.00000102. The number of aldehydes is 1. The Morgan fingerprint density at radius 1 is 1.00 bits per heavy atom. The zero-order valence-corrected chi connectivity index (χ0v) is 18.5. The first-order valence-electron chi connectivity index (χ1n) is 12.0. The van der Waals surface area contributed by atoms with Crippen molar-refractivity contribution in [3.63, 3.8) is 0 Å². The lowest BCUT2D eigenvalue weighted by Gasteiger charge is -2.62. The number of fused-ring (bicyclic) bond motifs is 5. The summed E-state index contributed by atoms with van der Waals surface area (Å²) in [6, 6.07) is 0. The second kappa shape index (κ2) is 8.17. The molecule has 0 heterocycles. The van der Waals surface area contributed by atoms with Crippen LogP contribution < -0.4 is 0 Å². The number of carbonyl (C=O) groups is 1. The minimum atomic E-state index is -0.0778. The van der Waals surface area contributed by atoms with Crippen LogP contribution in [0.3, 0.4) is 0 Å². The normalized spacial score (nSPS) is 49.7. The third-order valence-corrected chi connectivity index (χ3v) is 9.83. The molecule has 0 aromatic carbocycles. The van der Waals surface area contributed by atoms with Gasteiger partial charge in [0.2, 0.25) is 0 Å². The molecule has 4 rings (SSSR count). The highest BCUT2D eigenvalue weighted by Gasteiger charge is 2.62. The van der Waals surface area contributed by atoms with Crippen molar-refractivity contribution in [1.29, 1.82) is 0 Å². The van der Waals surface area contributed by atoms with E-state index in [9.17, 15) is 9.90 Å². The van der Waals surface area contributed by atoms with E-state index in [-0.39, 0.29) is 6.10 Å². The molecule has 0 bridgehead atoms. The number of aliphatic hydroxyl groups excluding tert-OH is 1. The zero-order valence-electron chi connectivity index (χ0n) is 18.5. The first-order chi connectivity index (χ1) is 12.9. The van der Waals surface area contributed by atoms with E-state index >= 15 is 0 Å². The molecule has 0 amide bonds. The summed E-state index contributed by atoms with van der Waals surface area (Å²) in [4.78, 5) is 11.1. The van der Waals surface area contributed by atoms with Crippen molar-refractivity contribution in [2.24, 2.45) is 46.3 Å². The summed E-state index contributed by atoms with van der Waals surface area (Å²) in [5, 5.41) is 11.2. The van der Waals surface area contributed by atoms with Crippen molar-refractivity contribution in [3.8, 4) is 0 Å². The SMILES string of the molecule is CC.C[C@H](CC=O)C1CCC2C3C(O)CC4CCCCC4(C)C3CCC21C. The van der Waals surface area contributed by atoms with Crippen LogP contribution in [0.25, 0.3) is 0 Å². The Morgan fingerprint density at radius 2 is 1.70 bits per heavy atom. The molecule has 0 aromatic rings. The number of hydrogen-bond donors (Lipinski definition) is 1. The molecule has 2 nitrogen and oxygen atoms in total. The van der Waals surface area contributed by atoms with E-state index in [1.54, 1.807) is 0 Å². The molecule has 0 aliphatic heterocycles. The van der Waals surface area contributed by atoms with Gasteiger partial charge in [-0.05, 0) is 91.3 Å². The fourth-order valence-electron chi connectivity index (χ4n) is 8.55. The van der Waals surface area contributed by atoms with Gasteiger partial charge in [-0.2, -0.15) is 0 Å². The molecule has 0 spiro atoms. The number of hydrogen-bond acceptors (Lipinski definition) is 2. The first-order valence-corrected chi connectivity index (χ1v) is 12.0. The van der Waals surface area contributed by atoms with Crippen LogP contribution in [0.15, 0.2) is 0 Å². The maximum absolute atomic E-state index is 11.2. The Hall–Kier alpha value is -0.370. The summed E-state index contributed by atoms with van der Waals surface area (Å²) in [5.74, 6) is 3.87. The number of aliphatic hydroxyl groups is 1. The van der Waals surface area contributed by atoms with E-state index in [1.807, 2.05) is 13.8 Å². The largest absolute Gasteiger partial charge is 0.393 e. The van der Waals surface area contributed by atoms with Gasteiger partial charge in [0.05, 0.1) is 6.10 Å². The van der Waals surface area contributed by atoms with Crippen LogP contribution in [0.2, 0.25) is 0 Å². The second-order valence-electron chi connectivity index (χ2n) is 10.6. The summed E-state index contributed by atoms with van der Waals surface area (Å²) < 4.78 is 0. The predicted octanol–water partition coefficient (Wildman–Crippen LogP) is 6.26. The number of carbonyl (C=O) groups excluding carboxylic acids is 1. The highest BCUT2D eigenvalue weighted by molar-refractivity contribution is 5.49. The van der Waals surface area contributed by atoms with E-state index < -0.39 is 0 Å². The van der Waals surface area contributed by atoms with Gasteiger partial charge in [0.25, 0.3) is 0 Å². The average molecular weight is 377 g/mol. The Labute approximate surface area is 167 Å². The van der Waals surface area contributed by atoms with Gasteiger partial charge in [0.15, 0.2) is 0 Å². The molecule has 4 aliphatic rings. The fraction of sp³-hybridized carbons (Fsp3) is 0.960. The van der Waals surface area contributed by atoms with Crippen LogP contribution in [0.5, 0.6) is 0 Å². The topological polar surface area (TPSA) is 37.3 Å². The molecule has 9 atom stereocenters. The summed E-state index contributed by atoms with van der Waals surface area (Å²) >= 11 is 0. The zero-order chi connectivity index (χ0) is 19.8. The van der Waals surface area contributed by atoms with Gasteiger partial charge in [0.1, 0.15) is 6.29 Å². The lowest BCUT2D eigenvalue weighted by molar-refractivity contribution is -0.164. The Bertz CT molecular complexity index is 516. The molecule has 4 saturated carbocycles. The second-order valence-corrected chi connectivity index (χ2v) is 10.6. The van der Waals surface area contributed by atoms with Crippen molar-refractivity contribution in [3.05, 3.63) is 0 Å². The standard InChI is InChI=1S/C23H38O2.C2H6/c1-15(10-13-24)17-7-8-18-21-19(9-12-23(17,18)3)22(2)11-5-4-6-16(22)14-20(21)25;1-2/h13,15-21,25H,4-12,14H2,1-3H3;1-2H3/t15-,16?,17?,18?,19?,20?,21?,22?,23?;/m1./s1. The highest BCUT2D eigenvalue weighted by atomic mass is 16.3. The van der Waals surface area contributed by atoms with Crippen molar-refractivity contribution in [2.45, 2.75) is 105 Å². The summed E-state index contributed by atoms with van der Waals surface area (Å²) in [5.41, 5.74) is 0.832. The molecule has 0 aromatic heterocycles. The molecule has 4 fully saturated rings. The predicted molar refractivity (Wildman–Crippen MR) is 112 cm³/mol. The van der Waals surface area contributed by atoms with Gasteiger partial charge in [-0.25, -0.2) is 0 Å². The van der Waals surface area contributed by atoms with Gasteiger partial charge in [-0.15, -0.1) is 0 Å². The maximum atomic E-state index is 11.2. The lowest BCUT2D eigenvalue weighted by Crippen LogP contribution is -2.57. The van der Waals surface area contributed by atoms with Crippen LogP contribution in [-0.2, 0) is 4.79 Å². The van der Waals surface area contributed by atoms with Crippen LogP contribution in [0, 0.1) is 46.3 Å². The number of rotatable bonds is 3. The maximum Gasteiger partial charge on any atom is 0.120 e. The quantitative estimate of drug-likeness (QED) is 0.590. The van der Waals surface area contributed by atoms with Gasteiger partial charge in [-0.1, -0.05) is 47.5 Å². The monoisotopic (exact) mass is 376 g/mol. The molecule has 1 N–H and O–H groups in total. The van der Waals surface area contributed by atoms with Crippen molar-refractivity contribution >= 4 is 6.29 Å². The van der Waals surface area contributed by atoms with Crippen molar-refractivity contribution in [1.82, 2.24) is 0 Å². The van der Waals surface area contributed by atoms with E-state index in [2.05, 4.69) is 20.8 Å². The molecule has 8 unspecified atom stereocenters. The minimum absolute atomic E-state index is 0.0778. The third-order valence-electron chi connectivity index (χ3n) is 9.83. The van der Waals surface area contributed by atoms with Crippen LogP contribution in [0.1, 0.15) is 98.8 Å². The molecule has 27 heavy (non-hydrogen) atoms. The molecular weight excluding hydrogens is 332 g/mol. The minimum Gasteiger partial charge on any atom is -0.393 e. The molecule has 4 aliphatic carbocycles. The third kappa shape index (κ3) is 3.32. The lowest BCUT2D eigenvalue weighted by atomic mass is 9.44. The summed E-state index contributed by atoms with van der Waals surface area (Å²) in [6.07, 6.45) is 13.5. The van der Waals surface area contributed by atoms with E-state index in [0.717, 1.165) is 24.5 Å². The molecule has 0 saturated heterocycles. The fourth-order valence-corrected chi connectivity index (χ4v) is 8.55. The Kier molecular flexibility index (Phi) is 6.46. The molecular formula is C25H44O2. The molecule has 2 heteroatoms. The van der Waals surface area contributed by atoms with Gasteiger partial charge in [0, 0.05) is 6.42 Å². The summed E-state index contributed by atoms with van der Waals surface area (Å²) in [6.45, 7) is 11.4. The van der Waals surface area contributed by atoms with Gasteiger partial charge in [-0.3, -0.25) is 0 Å². The molecule has 156 valence electrons. The van der Waals surface area contributed by atoms with E-state index in [4.69, 9.17) is 0 Å². The van der Waals surface area contributed by atoms with Crippen molar-refractivity contribution < 1.29 is 9.90 Å². The average Bonchev–Trinajstić information content (AvgIpc) is 3.01. The van der Waals surface area contributed by atoms with Gasteiger partial charge >= 0.3 is 0 Å². The highest BCUT2D eigenvalue weighted by Crippen LogP contribution is 2.68. The van der Waals surface area contributed by atoms with E-state index in [1.165, 1.54) is 51.4 Å². The first kappa shape index (κ1) is 21.3. The van der Waals surface area contributed by atoms with Crippen LogP contribution in [0.4, 0.5) is 0 Å². The molecule has 0 radical (unpaired) electrons.